The Labute approximate surface area is 406 Å². The van der Waals surface area contributed by atoms with E-state index in [1.54, 1.807) is 0 Å². The van der Waals surface area contributed by atoms with E-state index in [0.29, 0.717) is 19.3 Å². The fourth-order valence-corrected chi connectivity index (χ4v) is 9.02. The minimum Gasteiger partial charge on any atom is -0.462 e. The van der Waals surface area contributed by atoms with E-state index >= 15 is 0 Å². The first-order chi connectivity index (χ1) is 31.8. The van der Waals surface area contributed by atoms with Crippen molar-refractivity contribution in [1.82, 2.24) is 0 Å². The van der Waals surface area contributed by atoms with Crippen molar-refractivity contribution in [2.75, 3.05) is 13.2 Å². The van der Waals surface area contributed by atoms with Crippen LogP contribution in [0.2, 0.25) is 0 Å². The summed E-state index contributed by atoms with van der Waals surface area (Å²) in [5.41, 5.74) is 0. The highest BCUT2D eigenvalue weighted by molar-refractivity contribution is 5.71. The highest BCUT2D eigenvalue weighted by atomic mass is 16.6. The van der Waals surface area contributed by atoms with Crippen molar-refractivity contribution in [2.45, 2.75) is 336 Å². The van der Waals surface area contributed by atoms with E-state index in [2.05, 4.69) is 34.6 Å². The van der Waals surface area contributed by atoms with Crippen molar-refractivity contribution < 1.29 is 28.6 Å². The third kappa shape index (κ3) is 51.6. The summed E-state index contributed by atoms with van der Waals surface area (Å²) in [6.45, 7) is 11.4. The van der Waals surface area contributed by atoms with Crippen LogP contribution >= 0.6 is 0 Å². The van der Waals surface area contributed by atoms with E-state index in [-0.39, 0.29) is 31.1 Å². The Kier molecular flexibility index (Phi) is 50.5. The molecule has 6 nitrogen and oxygen atoms in total. The van der Waals surface area contributed by atoms with Crippen LogP contribution < -0.4 is 0 Å². The van der Waals surface area contributed by atoms with Crippen LogP contribution in [-0.4, -0.2) is 37.2 Å². The third-order valence-corrected chi connectivity index (χ3v) is 13.8. The van der Waals surface area contributed by atoms with Crippen molar-refractivity contribution >= 4 is 17.9 Å². The average Bonchev–Trinajstić information content (AvgIpc) is 3.29. The number of carbonyl (C=O) groups is 3. The molecule has 0 amide bonds. The van der Waals surface area contributed by atoms with Crippen LogP contribution in [0.3, 0.4) is 0 Å². The van der Waals surface area contributed by atoms with Gasteiger partial charge in [0, 0.05) is 19.3 Å². The zero-order valence-electron chi connectivity index (χ0n) is 44.6. The summed E-state index contributed by atoms with van der Waals surface area (Å²) in [5, 5.41) is 0. The quantitative estimate of drug-likeness (QED) is 0.0344. The second-order valence-electron chi connectivity index (χ2n) is 21.0. The van der Waals surface area contributed by atoms with E-state index in [4.69, 9.17) is 14.2 Å². The second kappa shape index (κ2) is 51.8. The summed E-state index contributed by atoms with van der Waals surface area (Å²) < 4.78 is 16.9. The van der Waals surface area contributed by atoms with Gasteiger partial charge in [-0.05, 0) is 31.1 Å². The normalized spacial score (nSPS) is 12.5. The summed E-state index contributed by atoms with van der Waals surface area (Å²) >= 11 is 0. The van der Waals surface area contributed by atoms with Crippen molar-refractivity contribution in [3.8, 4) is 0 Å². The Balaban J connectivity index is 4.23. The van der Waals surface area contributed by atoms with E-state index < -0.39 is 6.10 Å². The highest BCUT2D eigenvalue weighted by Gasteiger charge is 2.19. The zero-order chi connectivity index (χ0) is 47.5. The summed E-state index contributed by atoms with van der Waals surface area (Å²) in [7, 11) is 0. The van der Waals surface area contributed by atoms with Gasteiger partial charge in [-0.15, -0.1) is 0 Å². The molecule has 0 aromatic rings. The molecule has 1 unspecified atom stereocenters. The molecule has 65 heavy (non-hydrogen) atoms. The number of hydrogen-bond donors (Lipinski definition) is 0. The SMILES string of the molecule is CCCCCCCCCCCCCCCCCCCCCC(=O)OC[C@H](COC(=O)CCCCCCCCC(C)CC)OC(=O)CCCCCCCCCCCCCCCCCC(C)C. The maximum atomic E-state index is 12.8. The van der Waals surface area contributed by atoms with E-state index in [1.807, 2.05) is 0 Å². The molecule has 0 spiro atoms. The second-order valence-corrected chi connectivity index (χ2v) is 21.0. The van der Waals surface area contributed by atoms with Gasteiger partial charge < -0.3 is 14.2 Å². The van der Waals surface area contributed by atoms with E-state index in [9.17, 15) is 14.4 Å². The molecule has 0 N–H and O–H groups in total. The van der Waals surface area contributed by atoms with Crippen molar-refractivity contribution in [2.24, 2.45) is 11.8 Å². The number of hydrogen-bond acceptors (Lipinski definition) is 6. The number of esters is 3. The zero-order valence-corrected chi connectivity index (χ0v) is 44.6. The molecule has 0 saturated heterocycles. The predicted octanol–water partition coefficient (Wildman–Crippen LogP) is 19.3. The van der Waals surface area contributed by atoms with Gasteiger partial charge in [0.25, 0.3) is 0 Å². The van der Waals surface area contributed by atoms with Gasteiger partial charge in [-0.1, -0.05) is 291 Å². The minimum atomic E-state index is -0.763. The maximum absolute atomic E-state index is 12.8. The van der Waals surface area contributed by atoms with Crippen molar-refractivity contribution in [3.05, 3.63) is 0 Å². The lowest BCUT2D eigenvalue weighted by Crippen LogP contribution is -2.30. The number of unbranched alkanes of at least 4 members (excludes halogenated alkanes) is 37. The van der Waals surface area contributed by atoms with Gasteiger partial charge in [0.2, 0.25) is 0 Å². The molecular weight excluding hydrogens is 805 g/mol. The molecular formula is C59H114O6. The monoisotopic (exact) mass is 919 g/mol. The van der Waals surface area contributed by atoms with E-state index in [0.717, 1.165) is 69.6 Å². The van der Waals surface area contributed by atoms with Crippen LogP contribution in [0.25, 0.3) is 0 Å². The Morgan fingerprint density at radius 2 is 0.585 bits per heavy atom. The Hall–Kier alpha value is -1.59. The molecule has 0 aromatic heterocycles. The van der Waals surface area contributed by atoms with Gasteiger partial charge >= 0.3 is 17.9 Å². The first-order valence-electron chi connectivity index (χ1n) is 29.3. The summed E-state index contributed by atoms with van der Waals surface area (Å²) in [4.78, 5) is 38.1. The van der Waals surface area contributed by atoms with Gasteiger partial charge in [-0.2, -0.15) is 0 Å². The highest BCUT2D eigenvalue weighted by Crippen LogP contribution is 2.19. The number of rotatable bonds is 53. The van der Waals surface area contributed by atoms with Crippen molar-refractivity contribution in [1.29, 1.82) is 0 Å². The van der Waals surface area contributed by atoms with Gasteiger partial charge in [0.1, 0.15) is 13.2 Å². The minimum absolute atomic E-state index is 0.0634. The van der Waals surface area contributed by atoms with Gasteiger partial charge in [0.05, 0.1) is 0 Å². The lowest BCUT2D eigenvalue weighted by molar-refractivity contribution is -0.167. The summed E-state index contributed by atoms with van der Waals surface area (Å²) in [6.07, 6.45) is 55.3. The summed E-state index contributed by atoms with van der Waals surface area (Å²) in [5.74, 6) is 0.819. The average molecular weight is 920 g/mol. The molecule has 0 radical (unpaired) electrons. The van der Waals surface area contributed by atoms with Crippen LogP contribution in [0.1, 0.15) is 330 Å². The molecule has 0 bridgehead atoms. The molecule has 2 atom stereocenters. The molecule has 0 fully saturated rings. The Bertz CT molecular complexity index is 995. The third-order valence-electron chi connectivity index (χ3n) is 13.8. The molecule has 0 aliphatic rings. The van der Waals surface area contributed by atoms with Gasteiger partial charge in [-0.25, -0.2) is 0 Å². The number of carbonyl (C=O) groups excluding carboxylic acids is 3. The fraction of sp³-hybridized carbons (Fsp3) is 0.949. The molecule has 6 heteroatoms. The molecule has 0 saturated carbocycles. The maximum Gasteiger partial charge on any atom is 0.306 e. The fourth-order valence-electron chi connectivity index (χ4n) is 9.02. The lowest BCUT2D eigenvalue weighted by atomic mass is 10.00. The van der Waals surface area contributed by atoms with Crippen LogP contribution in [0.5, 0.6) is 0 Å². The lowest BCUT2D eigenvalue weighted by Gasteiger charge is -2.18. The van der Waals surface area contributed by atoms with Crippen LogP contribution in [-0.2, 0) is 28.6 Å². The van der Waals surface area contributed by atoms with Gasteiger partial charge in [-0.3, -0.25) is 14.4 Å². The molecule has 0 aromatic carbocycles. The molecule has 0 heterocycles. The van der Waals surface area contributed by atoms with Crippen LogP contribution in [0.15, 0.2) is 0 Å². The predicted molar refractivity (Wildman–Crippen MR) is 280 cm³/mol. The first-order valence-corrected chi connectivity index (χ1v) is 29.3. The van der Waals surface area contributed by atoms with Crippen molar-refractivity contribution in [3.63, 3.8) is 0 Å². The molecule has 386 valence electrons. The molecule has 0 aliphatic heterocycles. The molecule has 0 aliphatic carbocycles. The smallest absolute Gasteiger partial charge is 0.306 e. The standard InChI is InChI=1S/C59H114O6/c1-6-8-9-10-11-12-13-14-15-16-17-18-21-24-27-30-33-39-44-49-57(60)63-52-56(53-64-58(61)50-45-40-36-35-38-43-48-55(5)7-2)65-59(62)51-46-41-34-31-28-25-22-19-20-23-26-29-32-37-42-47-54(3)4/h54-56H,6-53H2,1-5H3/t55?,56-/m1/s1. The first kappa shape index (κ1) is 63.4. The summed E-state index contributed by atoms with van der Waals surface area (Å²) in [6, 6.07) is 0. The Morgan fingerprint density at radius 3 is 0.877 bits per heavy atom. The van der Waals surface area contributed by atoms with Crippen LogP contribution in [0, 0.1) is 11.8 Å². The topological polar surface area (TPSA) is 78.9 Å². The van der Waals surface area contributed by atoms with Crippen LogP contribution in [0.4, 0.5) is 0 Å². The largest absolute Gasteiger partial charge is 0.462 e. The molecule has 0 rings (SSSR count). The van der Waals surface area contributed by atoms with Gasteiger partial charge in [0.15, 0.2) is 6.10 Å². The van der Waals surface area contributed by atoms with E-state index in [1.165, 1.54) is 218 Å². The Morgan fingerprint density at radius 1 is 0.323 bits per heavy atom. The number of ether oxygens (including phenoxy) is 3.